The molecule has 2 amide bonds. The number of hydrogen-bond donors (Lipinski definition) is 2. The van der Waals surface area contributed by atoms with Gasteiger partial charge < -0.3 is 15.5 Å². The first-order valence-corrected chi connectivity index (χ1v) is 9.76. The Balaban J connectivity index is 1.23. The molecular weight excluding hydrogens is 314 g/mol. The molecule has 4 heterocycles. The van der Waals surface area contributed by atoms with Crippen molar-refractivity contribution in [1.29, 1.82) is 0 Å². The summed E-state index contributed by atoms with van der Waals surface area (Å²) >= 11 is 0. The smallest absolute Gasteiger partial charge is 0.315 e. The molecule has 0 spiro atoms. The van der Waals surface area contributed by atoms with Gasteiger partial charge in [-0.15, -0.1) is 0 Å². The first kappa shape index (κ1) is 16.6. The van der Waals surface area contributed by atoms with Gasteiger partial charge in [0.2, 0.25) is 0 Å². The van der Waals surface area contributed by atoms with E-state index in [-0.39, 0.29) is 12.1 Å². The molecule has 3 fully saturated rings. The Kier molecular flexibility index (Phi) is 5.06. The molecule has 0 saturated carbocycles. The van der Waals surface area contributed by atoms with Crippen LogP contribution in [0.3, 0.4) is 0 Å². The highest BCUT2D eigenvalue weighted by Gasteiger charge is 2.36. The van der Waals surface area contributed by atoms with E-state index in [9.17, 15) is 4.79 Å². The van der Waals surface area contributed by atoms with E-state index in [0.717, 1.165) is 44.7 Å². The van der Waals surface area contributed by atoms with Crippen LogP contribution in [-0.4, -0.2) is 60.2 Å². The minimum atomic E-state index is 0.0220. The number of anilines is 1. The maximum Gasteiger partial charge on any atom is 0.315 e. The zero-order chi connectivity index (χ0) is 17.1. The first-order chi connectivity index (χ1) is 12.3. The molecule has 1 aromatic rings. The Morgan fingerprint density at radius 1 is 1.00 bits per heavy atom. The number of aromatic nitrogens is 1. The summed E-state index contributed by atoms with van der Waals surface area (Å²) in [5, 5.41) is 6.45. The molecule has 0 unspecified atom stereocenters. The third-order valence-corrected chi connectivity index (χ3v) is 5.98. The second kappa shape index (κ2) is 7.60. The molecule has 6 heteroatoms. The molecule has 0 radical (unpaired) electrons. The summed E-state index contributed by atoms with van der Waals surface area (Å²) in [5.74, 6) is 1.04. The van der Waals surface area contributed by atoms with E-state index in [1.165, 1.54) is 25.8 Å². The Bertz CT molecular complexity index is 572. The largest absolute Gasteiger partial charge is 0.356 e. The van der Waals surface area contributed by atoms with Gasteiger partial charge in [-0.3, -0.25) is 4.90 Å². The number of pyridine rings is 1. The van der Waals surface area contributed by atoms with Gasteiger partial charge in [0.25, 0.3) is 0 Å². The van der Waals surface area contributed by atoms with Crippen LogP contribution in [0.4, 0.5) is 10.6 Å². The fourth-order valence-corrected chi connectivity index (χ4v) is 4.60. The number of nitrogens with one attached hydrogen (secondary N) is 2. The molecule has 2 atom stereocenters. The van der Waals surface area contributed by atoms with Crippen LogP contribution in [0.1, 0.15) is 38.5 Å². The second-order valence-corrected chi connectivity index (χ2v) is 7.56. The molecule has 0 bridgehead atoms. The van der Waals surface area contributed by atoms with Gasteiger partial charge in [0, 0.05) is 44.0 Å². The fraction of sp³-hybridized carbons (Fsp3) is 0.684. The normalized spacial score (nSPS) is 27.8. The topological polar surface area (TPSA) is 60.5 Å². The lowest BCUT2D eigenvalue weighted by molar-refractivity contribution is 0.178. The Morgan fingerprint density at radius 2 is 1.88 bits per heavy atom. The molecule has 25 heavy (non-hydrogen) atoms. The van der Waals surface area contributed by atoms with Crippen LogP contribution >= 0.6 is 0 Å². The van der Waals surface area contributed by atoms with E-state index in [4.69, 9.17) is 0 Å². The van der Waals surface area contributed by atoms with Crippen molar-refractivity contribution in [2.75, 3.05) is 31.1 Å². The maximum absolute atomic E-state index is 12.4. The summed E-state index contributed by atoms with van der Waals surface area (Å²) in [5.41, 5.74) is 0. The molecular formula is C19H29N5O. The Hall–Kier alpha value is -1.82. The average Bonchev–Trinajstić information content (AvgIpc) is 3.06. The highest BCUT2D eigenvalue weighted by molar-refractivity contribution is 5.74. The lowest BCUT2D eigenvalue weighted by Gasteiger charge is -2.34. The minimum absolute atomic E-state index is 0.0220. The summed E-state index contributed by atoms with van der Waals surface area (Å²) in [4.78, 5) is 21.7. The first-order valence-electron chi connectivity index (χ1n) is 9.76. The van der Waals surface area contributed by atoms with Crippen LogP contribution in [0, 0.1) is 0 Å². The van der Waals surface area contributed by atoms with E-state index < -0.39 is 0 Å². The van der Waals surface area contributed by atoms with Gasteiger partial charge in [0.15, 0.2) is 0 Å². The van der Waals surface area contributed by atoms with Gasteiger partial charge in [-0.2, -0.15) is 0 Å². The van der Waals surface area contributed by atoms with Crippen molar-refractivity contribution in [1.82, 2.24) is 20.5 Å². The number of nitrogens with zero attached hydrogens (tertiary/aromatic N) is 3. The summed E-state index contributed by atoms with van der Waals surface area (Å²) < 4.78 is 0. The van der Waals surface area contributed by atoms with Crippen molar-refractivity contribution in [3.63, 3.8) is 0 Å². The van der Waals surface area contributed by atoms with Crippen molar-refractivity contribution in [2.24, 2.45) is 0 Å². The monoisotopic (exact) mass is 343 g/mol. The zero-order valence-electron chi connectivity index (χ0n) is 14.9. The molecule has 2 N–H and O–H groups in total. The SMILES string of the molecule is O=C(NC1CCN(c2ccccn2)CC1)N[C@@H]1CCN2CCCC[C@H]12. The number of hydrogen-bond acceptors (Lipinski definition) is 4. The number of carbonyl (C=O) groups is 1. The molecule has 0 aliphatic carbocycles. The summed E-state index contributed by atoms with van der Waals surface area (Å²) in [6, 6.07) is 7.20. The minimum Gasteiger partial charge on any atom is -0.356 e. The van der Waals surface area contributed by atoms with Crippen molar-refractivity contribution in [3.8, 4) is 0 Å². The van der Waals surface area contributed by atoms with E-state index in [0.29, 0.717) is 12.1 Å². The summed E-state index contributed by atoms with van der Waals surface area (Å²) in [6.45, 7) is 4.23. The highest BCUT2D eigenvalue weighted by Crippen LogP contribution is 2.27. The van der Waals surface area contributed by atoms with Gasteiger partial charge in [-0.05, 0) is 50.8 Å². The lowest BCUT2D eigenvalue weighted by Crippen LogP contribution is -2.53. The zero-order valence-corrected chi connectivity index (χ0v) is 14.9. The number of urea groups is 1. The Labute approximate surface area is 150 Å². The number of piperidine rings is 2. The van der Waals surface area contributed by atoms with E-state index in [2.05, 4.69) is 31.5 Å². The van der Waals surface area contributed by atoms with Gasteiger partial charge in [-0.1, -0.05) is 12.5 Å². The third kappa shape index (κ3) is 3.89. The molecule has 136 valence electrons. The lowest BCUT2D eigenvalue weighted by atomic mass is 9.99. The van der Waals surface area contributed by atoms with Crippen molar-refractivity contribution < 1.29 is 4.79 Å². The van der Waals surface area contributed by atoms with Crippen LogP contribution < -0.4 is 15.5 Å². The fourth-order valence-electron chi connectivity index (χ4n) is 4.60. The van der Waals surface area contributed by atoms with Crippen molar-refractivity contribution in [2.45, 2.75) is 56.7 Å². The van der Waals surface area contributed by atoms with Crippen molar-refractivity contribution >= 4 is 11.8 Å². The summed E-state index contributed by atoms with van der Waals surface area (Å²) in [6.07, 6.45) is 8.72. The highest BCUT2D eigenvalue weighted by atomic mass is 16.2. The van der Waals surface area contributed by atoms with Crippen molar-refractivity contribution in [3.05, 3.63) is 24.4 Å². The Morgan fingerprint density at radius 3 is 2.68 bits per heavy atom. The number of rotatable bonds is 3. The molecule has 3 saturated heterocycles. The molecule has 6 nitrogen and oxygen atoms in total. The van der Waals surface area contributed by atoms with Gasteiger partial charge in [0.1, 0.15) is 5.82 Å². The third-order valence-electron chi connectivity index (χ3n) is 5.98. The molecule has 3 aliphatic rings. The standard InChI is InChI=1S/C19H29N5O/c25-19(22-16-9-14-23-11-4-2-5-17(16)23)21-15-7-12-24(13-8-15)18-6-1-3-10-20-18/h1,3,6,10,15-17H,2,4-5,7-9,11-14H2,(H2,21,22,25)/t16-,17-/m1/s1. The van der Waals surface area contributed by atoms with Gasteiger partial charge in [-0.25, -0.2) is 9.78 Å². The van der Waals surface area contributed by atoms with Gasteiger partial charge in [0.05, 0.1) is 0 Å². The van der Waals surface area contributed by atoms with Crippen LogP contribution in [0.5, 0.6) is 0 Å². The number of amides is 2. The second-order valence-electron chi connectivity index (χ2n) is 7.56. The predicted octanol–water partition coefficient (Wildman–Crippen LogP) is 1.98. The van der Waals surface area contributed by atoms with E-state index >= 15 is 0 Å². The van der Waals surface area contributed by atoms with Crippen LogP contribution in [-0.2, 0) is 0 Å². The summed E-state index contributed by atoms with van der Waals surface area (Å²) in [7, 11) is 0. The van der Waals surface area contributed by atoms with Crippen LogP contribution in [0.15, 0.2) is 24.4 Å². The van der Waals surface area contributed by atoms with E-state index in [1.54, 1.807) is 0 Å². The average molecular weight is 343 g/mol. The molecule has 0 aromatic carbocycles. The van der Waals surface area contributed by atoms with Crippen LogP contribution in [0.25, 0.3) is 0 Å². The quantitative estimate of drug-likeness (QED) is 0.881. The molecule has 3 aliphatic heterocycles. The van der Waals surface area contributed by atoms with Crippen LogP contribution in [0.2, 0.25) is 0 Å². The molecule has 1 aromatic heterocycles. The van der Waals surface area contributed by atoms with E-state index in [1.807, 2.05) is 18.3 Å². The predicted molar refractivity (Wildman–Crippen MR) is 98.8 cm³/mol. The number of fused-ring (bicyclic) bond motifs is 1. The van der Waals surface area contributed by atoms with Gasteiger partial charge >= 0.3 is 6.03 Å². The number of carbonyl (C=O) groups excluding carboxylic acids is 1. The molecule has 4 rings (SSSR count). The maximum atomic E-state index is 12.4.